The van der Waals surface area contributed by atoms with Gasteiger partial charge in [-0.05, 0) is 28.9 Å². The Bertz CT molecular complexity index is 380. The zero-order valence-electron chi connectivity index (χ0n) is 10.8. The molecule has 5 nitrogen and oxygen atoms in total. The van der Waals surface area contributed by atoms with Gasteiger partial charge in [0.2, 0.25) is 0 Å². The fraction of sp³-hybridized carbons (Fsp3) is 0.583. The van der Waals surface area contributed by atoms with Gasteiger partial charge in [-0.2, -0.15) is 0 Å². The molecule has 1 atom stereocenters. The Morgan fingerprint density at radius 1 is 1.50 bits per heavy atom. The lowest BCUT2D eigenvalue weighted by atomic mass is 10.2. The summed E-state index contributed by atoms with van der Waals surface area (Å²) in [5.74, 6) is -0.0998. The molecule has 1 rings (SSSR count). The van der Waals surface area contributed by atoms with Gasteiger partial charge in [0.1, 0.15) is 0 Å². The molecule has 1 aromatic heterocycles. The van der Waals surface area contributed by atoms with E-state index in [1.807, 2.05) is 6.92 Å². The molecule has 102 valence electrons. The minimum atomic E-state index is -0.0998. The minimum Gasteiger partial charge on any atom is -0.457 e. The number of hydrogen-bond donors (Lipinski definition) is 0. The zero-order valence-corrected chi connectivity index (χ0v) is 12.4. The number of rotatable bonds is 7. The van der Waals surface area contributed by atoms with Gasteiger partial charge in [0.05, 0.1) is 31.1 Å². The van der Waals surface area contributed by atoms with Crippen LogP contribution in [0.3, 0.4) is 0 Å². The average molecular weight is 320 g/mol. The summed E-state index contributed by atoms with van der Waals surface area (Å²) >= 11 is 3.21. The lowest BCUT2D eigenvalue weighted by Crippen LogP contribution is -2.43. The highest BCUT2D eigenvalue weighted by molar-refractivity contribution is 9.10. The Labute approximate surface area is 115 Å². The predicted octanol–water partition coefficient (Wildman–Crippen LogP) is 2.17. The summed E-state index contributed by atoms with van der Waals surface area (Å²) in [6.07, 6.45) is 1.48. The first kappa shape index (κ1) is 15.2. The first-order valence-corrected chi connectivity index (χ1v) is 6.43. The van der Waals surface area contributed by atoms with Crippen molar-refractivity contribution in [1.82, 2.24) is 4.90 Å². The minimum absolute atomic E-state index is 0.0283. The summed E-state index contributed by atoms with van der Waals surface area (Å²) in [6.45, 7) is 3.41. The highest BCUT2D eigenvalue weighted by Gasteiger charge is 2.24. The Morgan fingerprint density at radius 3 is 2.72 bits per heavy atom. The number of hydrogen-bond acceptors (Lipinski definition) is 4. The van der Waals surface area contributed by atoms with Crippen molar-refractivity contribution in [3.63, 3.8) is 0 Å². The molecule has 0 spiro atoms. The molecular weight excluding hydrogens is 302 g/mol. The SMILES string of the molecule is COCCN(C(=O)c1ccoc1Br)C(C)COC. The highest BCUT2D eigenvalue weighted by atomic mass is 79.9. The number of furan rings is 1. The van der Waals surface area contributed by atoms with Gasteiger partial charge >= 0.3 is 0 Å². The van der Waals surface area contributed by atoms with E-state index in [0.717, 1.165) is 0 Å². The van der Waals surface area contributed by atoms with Crippen LogP contribution in [0, 0.1) is 0 Å². The maximum Gasteiger partial charge on any atom is 0.258 e. The zero-order chi connectivity index (χ0) is 13.5. The van der Waals surface area contributed by atoms with Crippen LogP contribution in [0.1, 0.15) is 17.3 Å². The molecule has 1 unspecified atom stereocenters. The van der Waals surface area contributed by atoms with Crippen LogP contribution in [0.2, 0.25) is 0 Å². The van der Waals surface area contributed by atoms with Gasteiger partial charge in [-0.15, -0.1) is 0 Å². The van der Waals surface area contributed by atoms with Crippen LogP contribution in [-0.4, -0.2) is 50.8 Å². The van der Waals surface area contributed by atoms with Crippen LogP contribution in [0.4, 0.5) is 0 Å². The topological polar surface area (TPSA) is 51.9 Å². The van der Waals surface area contributed by atoms with Crippen molar-refractivity contribution in [2.75, 3.05) is 34.0 Å². The second kappa shape index (κ2) is 7.56. The van der Waals surface area contributed by atoms with Crippen molar-refractivity contribution in [3.05, 3.63) is 22.6 Å². The molecule has 0 aromatic carbocycles. The van der Waals surface area contributed by atoms with E-state index in [1.165, 1.54) is 6.26 Å². The number of methoxy groups -OCH3 is 2. The highest BCUT2D eigenvalue weighted by Crippen LogP contribution is 2.20. The normalized spacial score (nSPS) is 12.4. The summed E-state index contributed by atoms with van der Waals surface area (Å²) in [5.41, 5.74) is 0.508. The third kappa shape index (κ3) is 3.83. The Hall–Kier alpha value is -0.850. The van der Waals surface area contributed by atoms with E-state index in [1.54, 1.807) is 25.2 Å². The van der Waals surface area contributed by atoms with E-state index >= 15 is 0 Å². The fourth-order valence-corrected chi connectivity index (χ4v) is 2.05. The van der Waals surface area contributed by atoms with Gasteiger partial charge < -0.3 is 18.8 Å². The quantitative estimate of drug-likeness (QED) is 0.773. The third-order valence-corrected chi connectivity index (χ3v) is 3.20. The molecule has 0 aliphatic rings. The Balaban J connectivity index is 2.81. The molecule has 18 heavy (non-hydrogen) atoms. The van der Waals surface area contributed by atoms with E-state index < -0.39 is 0 Å². The number of nitrogens with zero attached hydrogens (tertiary/aromatic N) is 1. The smallest absolute Gasteiger partial charge is 0.258 e. The van der Waals surface area contributed by atoms with Crippen molar-refractivity contribution in [1.29, 1.82) is 0 Å². The van der Waals surface area contributed by atoms with Gasteiger partial charge in [-0.1, -0.05) is 0 Å². The maximum absolute atomic E-state index is 12.4. The molecule has 1 heterocycles. The van der Waals surface area contributed by atoms with Gasteiger partial charge in [-0.3, -0.25) is 4.79 Å². The summed E-state index contributed by atoms with van der Waals surface area (Å²) in [5, 5.41) is 0. The van der Waals surface area contributed by atoms with Gasteiger partial charge in [0.25, 0.3) is 5.91 Å². The molecule has 6 heteroatoms. The molecule has 0 saturated carbocycles. The van der Waals surface area contributed by atoms with Crippen LogP contribution in [0.5, 0.6) is 0 Å². The number of halogens is 1. The van der Waals surface area contributed by atoms with E-state index in [0.29, 0.717) is 30.0 Å². The molecule has 1 amide bonds. The van der Waals surface area contributed by atoms with Crippen molar-refractivity contribution in [2.45, 2.75) is 13.0 Å². The van der Waals surface area contributed by atoms with E-state index in [9.17, 15) is 4.79 Å². The van der Waals surface area contributed by atoms with Gasteiger partial charge in [-0.25, -0.2) is 0 Å². The second-order valence-electron chi connectivity index (χ2n) is 3.90. The molecule has 0 saturated heterocycles. The molecule has 0 aliphatic heterocycles. The number of ether oxygens (including phenoxy) is 2. The number of carbonyl (C=O) groups excluding carboxylic acids is 1. The van der Waals surface area contributed by atoms with Crippen molar-refractivity contribution in [3.8, 4) is 0 Å². The monoisotopic (exact) mass is 319 g/mol. The van der Waals surface area contributed by atoms with Gasteiger partial charge in [0.15, 0.2) is 4.67 Å². The average Bonchev–Trinajstić information content (AvgIpc) is 2.76. The number of carbonyl (C=O) groups is 1. The van der Waals surface area contributed by atoms with Crippen molar-refractivity contribution >= 4 is 21.8 Å². The first-order chi connectivity index (χ1) is 8.61. The van der Waals surface area contributed by atoms with Crippen LogP contribution in [0.25, 0.3) is 0 Å². The first-order valence-electron chi connectivity index (χ1n) is 5.63. The van der Waals surface area contributed by atoms with Crippen LogP contribution >= 0.6 is 15.9 Å². The fourth-order valence-electron chi connectivity index (χ4n) is 1.64. The van der Waals surface area contributed by atoms with E-state index in [4.69, 9.17) is 13.9 Å². The van der Waals surface area contributed by atoms with Gasteiger partial charge in [0, 0.05) is 20.8 Å². The summed E-state index contributed by atoms with van der Waals surface area (Å²) in [6, 6.07) is 1.62. The van der Waals surface area contributed by atoms with Crippen LogP contribution < -0.4 is 0 Å². The Morgan fingerprint density at radius 2 is 2.22 bits per heavy atom. The second-order valence-corrected chi connectivity index (χ2v) is 4.62. The van der Waals surface area contributed by atoms with Crippen molar-refractivity contribution < 1.29 is 18.7 Å². The molecule has 0 bridgehead atoms. The molecular formula is C12H18BrNO4. The molecule has 0 N–H and O–H groups in total. The van der Waals surface area contributed by atoms with Crippen molar-refractivity contribution in [2.24, 2.45) is 0 Å². The van der Waals surface area contributed by atoms with E-state index in [-0.39, 0.29) is 11.9 Å². The maximum atomic E-state index is 12.4. The summed E-state index contributed by atoms with van der Waals surface area (Å²) in [7, 11) is 3.22. The number of amides is 1. The van der Waals surface area contributed by atoms with E-state index in [2.05, 4.69) is 15.9 Å². The molecule has 0 radical (unpaired) electrons. The molecule has 0 aliphatic carbocycles. The third-order valence-electron chi connectivity index (χ3n) is 2.59. The molecule has 0 fully saturated rings. The Kier molecular flexibility index (Phi) is 6.38. The summed E-state index contributed by atoms with van der Waals surface area (Å²) < 4.78 is 15.7. The lowest BCUT2D eigenvalue weighted by Gasteiger charge is -2.28. The summed E-state index contributed by atoms with van der Waals surface area (Å²) in [4.78, 5) is 14.1. The van der Waals surface area contributed by atoms with Crippen LogP contribution in [0.15, 0.2) is 21.4 Å². The largest absolute Gasteiger partial charge is 0.457 e. The lowest BCUT2D eigenvalue weighted by molar-refractivity contribution is 0.0478. The molecule has 1 aromatic rings. The predicted molar refractivity (Wildman–Crippen MR) is 70.7 cm³/mol. The van der Waals surface area contributed by atoms with Crippen LogP contribution in [-0.2, 0) is 9.47 Å². The standard InChI is InChI=1S/C12H18BrNO4/c1-9(8-17-3)14(5-7-16-2)12(15)10-4-6-18-11(10)13/h4,6,9H,5,7-8H2,1-3H3.